The summed E-state index contributed by atoms with van der Waals surface area (Å²) in [6.45, 7) is -0.118. The van der Waals surface area contributed by atoms with Gasteiger partial charge in [0.1, 0.15) is 42.5 Å². The molecule has 0 fully saturated rings. The summed E-state index contributed by atoms with van der Waals surface area (Å²) in [6.07, 6.45) is 5.45. The predicted molar refractivity (Wildman–Crippen MR) is 79.9 cm³/mol. The van der Waals surface area contributed by atoms with Crippen LogP contribution in [0.4, 0.5) is 8.78 Å². The van der Waals surface area contributed by atoms with E-state index in [0.717, 1.165) is 6.07 Å². The normalized spacial score (nSPS) is 12.0. The molecule has 2 aromatic heterocycles. The zero-order valence-electron chi connectivity index (χ0n) is 12.3. The van der Waals surface area contributed by atoms with Gasteiger partial charge in [-0.2, -0.15) is 10.2 Å². The predicted octanol–water partition coefficient (Wildman–Crippen LogP) is -1.27. The van der Waals surface area contributed by atoms with Crippen LogP contribution in [0.25, 0.3) is 0 Å². The van der Waals surface area contributed by atoms with E-state index in [1.54, 1.807) is 0 Å². The van der Waals surface area contributed by atoms with Gasteiger partial charge in [0.05, 0.1) is 13.1 Å². The van der Waals surface area contributed by atoms with Crippen molar-refractivity contribution in [3.05, 3.63) is 54.6 Å². The minimum atomic E-state index is -1.68. The second kappa shape index (κ2) is 5.97. The summed E-state index contributed by atoms with van der Waals surface area (Å²) in [5, 5.41) is 19.3. The zero-order valence-corrected chi connectivity index (χ0v) is 14.3. The maximum absolute atomic E-state index is 14.3. The Morgan fingerprint density at radius 1 is 1.00 bits per heavy atom. The first-order valence-electron chi connectivity index (χ1n) is 6.81. The van der Waals surface area contributed by atoms with Gasteiger partial charge in [0.2, 0.25) is 0 Å². The Bertz CT molecular complexity index is 757. The van der Waals surface area contributed by atoms with Gasteiger partial charge < -0.3 is 5.11 Å². The van der Waals surface area contributed by atoms with E-state index < -0.39 is 17.2 Å². The fourth-order valence-electron chi connectivity index (χ4n) is 2.40. The molecular weight excluding hydrogens is 322 g/mol. The molecule has 1 aromatic carbocycles. The molecular formula is C13H14F2N6OSi. The van der Waals surface area contributed by atoms with Crippen molar-refractivity contribution in [3.63, 3.8) is 0 Å². The standard InChI is InChI=1S/C13H14F2N6OSi/c14-10-2-11(15)12(23)1-9(10)13(22,3-20-7-16-5-18-20)4-21-8-17-6-19-21/h1-2,5-8,22H,3-4H2,23H3. The Hall–Kier alpha value is -2.46. The summed E-state index contributed by atoms with van der Waals surface area (Å²) < 4.78 is 30.6. The molecule has 0 saturated carbocycles. The summed E-state index contributed by atoms with van der Waals surface area (Å²) >= 11 is 0. The minimum absolute atomic E-state index is 0.00472. The second-order valence-corrected chi connectivity index (χ2v) is 6.38. The maximum atomic E-state index is 14.3. The number of nitrogens with zero attached hydrogens (tertiary/aromatic N) is 6. The van der Waals surface area contributed by atoms with E-state index in [1.807, 2.05) is 0 Å². The molecule has 0 radical (unpaired) electrons. The molecule has 10 heteroatoms. The zero-order chi connectivity index (χ0) is 16.4. The largest absolute Gasteiger partial charge is 0.381 e. The average Bonchev–Trinajstić information content (AvgIpc) is 3.16. The van der Waals surface area contributed by atoms with E-state index in [0.29, 0.717) is 15.4 Å². The number of benzene rings is 1. The molecule has 3 aromatic rings. The smallest absolute Gasteiger partial charge is 0.137 e. The molecule has 3 rings (SSSR count). The molecule has 23 heavy (non-hydrogen) atoms. The summed E-state index contributed by atoms with van der Waals surface area (Å²) in [4.78, 5) is 7.62. The highest BCUT2D eigenvalue weighted by Crippen LogP contribution is 2.27. The van der Waals surface area contributed by atoms with Crippen molar-refractivity contribution in [3.8, 4) is 0 Å². The van der Waals surface area contributed by atoms with Crippen molar-refractivity contribution >= 4 is 15.4 Å². The van der Waals surface area contributed by atoms with Crippen molar-refractivity contribution in [1.82, 2.24) is 29.5 Å². The van der Waals surface area contributed by atoms with Crippen molar-refractivity contribution in [1.29, 1.82) is 0 Å². The first-order chi connectivity index (χ1) is 11.0. The minimum Gasteiger partial charge on any atom is -0.381 e. The van der Waals surface area contributed by atoms with Crippen LogP contribution in [-0.2, 0) is 18.7 Å². The number of rotatable bonds is 5. The Morgan fingerprint density at radius 3 is 2.04 bits per heavy atom. The van der Waals surface area contributed by atoms with Crippen LogP contribution in [0.2, 0.25) is 0 Å². The third-order valence-electron chi connectivity index (χ3n) is 3.53. The Labute approximate surface area is 133 Å². The molecule has 0 unspecified atom stereocenters. The van der Waals surface area contributed by atoms with Gasteiger partial charge in [-0.3, -0.25) is 0 Å². The van der Waals surface area contributed by atoms with Gasteiger partial charge in [-0.05, 0) is 5.19 Å². The van der Waals surface area contributed by atoms with Crippen LogP contribution in [0.3, 0.4) is 0 Å². The quantitative estimate of drug-likeness (QED) is 0.588. The lowest BCUT2D eigenvalue weighted by atomic mass is 9.93. The molecule has 0 spiro atoms. The Balaban J connectivity index is 2.05. The molecule has 0 bridgehead atoms. The maximum Gasteiger partial charge on any atom is 0.137 e. The number of aliphatic hydroxyl groups is 1. The van der Waals surface area contributed by atoms with Gasteiger partial charge in [0, 0.05) is 21.9 Å². The third kappa shape index (κ3) is 3.17. The number of hydrogen-bond acceptors (Lipinski definition) is 5. The third-order valence-corrected chi connectivity index (χ3v) is 4.30. The number of halogens is 2. The second-order valence-electron chi connectivity index (χ2n) is 5.30. The van der Waals surface area contributed by atoms with Crippen molar-refractivity contribution in [2.75, 3.05) is 0 Å². The van der Waals surface area contributed by atoms with Crippen molar-refractivity contribution in [2.45, 2.75) is 18.7 Å². The first kappa shape index (κ1) is 15.4. The van der Waals surface area contributed by atoms with Crippen LogP contribution in [-0.4, -0.2) is 44.9 Å². The fraction of sp³-hybridized carbons (Fsp3) is 0.231. The van der Waals surface area contributed by atoms with E-state index in [1.165, 1.54) is 40.7 Å². The van der Waals surface area contributed by atoms with Crippen LogP contribution in [0, 0.1) is 11.6 Å². The van der Waals surface area contributed by atoms with Gasteiger partial charge >= 0.3 is 0 Å². The lowest BCUT2D eigenvalue weighted by Crippen LogP contribution is -2.38. The van der Waals surface area contributed by atoms with Gasteiger partial charge in [-0.25, -0.2) is 28.1 Å². The van der Waals surface area contributed by atoms with Crippen LogP contribution < -0.4 is 5.19 Å². The van der Waals surface area contributed by atoms with E-state index >= 15 is 0 Å². The molecule has 2 heterocycles. The molecule has 7 nitrogen and oxygen atoms in total. The monoisotopic (exact) mass is 336 g/mol. The van der Waals surface area contributed by atoms with Crippen molar-refractivity contribution in [2.24, 2.45) is 0 Å². The lowest BCUT2D eigenvalue weighted by molar-refractivity contribution is -0.00847. The Kier molecular flexibility index (Phi) is 4.01. The highest BCUT2D eigenvalue weighted by Gasteiger charge is 2.35. The highest BCUT2D eigenvalue weighted by atomic mass is 28.1. The van der Waals surface area contributed by atoms with E-state index in [9.17, 15) is 13.9 Å². The van der Waals surface area contributed by atoms with Gasteiger partial charge in [0.25, 0.3) is 0 Å². The van der Waals surface area contributed by atoms with Crippen LogP contribution in [0.15, 0.2) is 37.4 Å². The lowest BCUT2D eigenvalue weighted by Gasteiger charge is -2.29. The number of aromatic nitrogens is 6. The molecule has 0 aliphatic carbocycles. The molecule has 0 aliphatic heterocycles. The summed E-state index contributed by atoms with van der Waals surface area (Å²) in [7, 11) is 0.391. The van der Waals surface area contributed by atoms with E-state index in [-0.39, 0.29) is 18.7 Å². The van der Waals surface area contributed by atoms with Crippen LogP contribution >= 0.6 is 0 Å². The Morgan fingerprint density at radius 2 is 1.57 bits per heavy atom. The van der Waals surface area contributed by atoms with Gasteiger partial charge in [0.15, 0.2) is 0 Å². The van der Waals surface area contributed by atoms with E-state index in [2.05, 4.69) is 20.2 Å². The summed E-state index contributed by atoms with van der Waals surface area (Å²) in [5.41, 5.74) is -1.69. The average molecular weight is 336 g/mol. The van der Waals surface area contributed by atoms with Crippen LogP contribution in [0.5, 0.6) is 0 Å². The molecule has 1 N–H and O–H groups in total. The topological polar surface area (TPSA) is 81.6 Å². The van der Waals surface area contributed by atoms with Gasteiger partial charge in [-0.1, -0.05) is 6.07 Å². The molecule has 0 atom stereocenters. The summed E-state index contributed by atoms with van der Waals surface area (Å²) in [5.74, 6) is -1.42. The van der Waals surface area contributed by atoms with Crippen molar-refractivity contribution < 1.29 is 13.9 Å². The molecule has 0 saturated heterocycles. The fourth-order valence-corrected chi connectivity index (χ4v) is 2.83. The van der Waals surface area contributed by atoms with E-state index in [4.69, 9.17) is 0 Å². The molecule has 0 amide bonds. The number of hydrogen-bond donors (Lipinski definition) is 1. The SMILES string of the molecule is OC(Cn1cncn1)(Cn1cncn1)c1cc([SiH3])c(F)cc1F. The first-order valence-corrected chi connectivity index (χ1v) is 7.81. The molecule has 120 valence electrons. The highest BCUT2D eigenvalue weighted by molar-refractivity contribution is 6.32. The van der Waals surface area contributed by atoms with Crippen LogP contribution in [0.1, 0.15) is 5.56 Å². The molecule has 0 aliphatic rings. The summed E-state index contributed by atoms with van der Waals surface area (Å²) in [6, 6.07) is 2.15. The van der Waals surface area contributed by atoms with Gasteiger partial charge in [-0.15, -0.1) is 0 Å².